The average Bonchev–Trinajstić information content (AvgIpc) is 3.05. The molecule has 132 valence electrons. The minimum Gasteiger partial charge on any atom is -0.497 e. The SMILES string of the molecule is COc1ccc(C2(NC(=O)c3cn([C@@H]4COC[C@H]4O)nn3)CC2)cc1. The average molecular weight is 344 g/mol. The van der Waals surface area contributed by atoms with Crippen molar-refractivity contribution in [2.24, 2.45) is 0 Å². The lowest BCUT2D eigenvalue weighted by Crippen LogP contribution is -2.35. The zero-order chi connectivity index (χ0) is 17.4. The number of carbonyl (C=O) groups is 1. The Morgan fingerprint density at radius 3 is 2.72 bits per heavy atom. The lowest BCUT2D eigenvalue weighted by molar-refractivity contribution is 0.0925. The van der Waals surface area contributed by atoms with Crippen LogP contribution < -0.4 is 10.1 Å². The summed E-state index contributed by atoms with van der Waals surface area (Å²) in [5.74, 6) is 0.513. The van der Waals surface area contributed by atoms with Crippen LogP contribution in [0.5, 0.6) is 5.75 Å². The maximum absolute atomic E-state index is 12.6. The Bertz CT molecular complexity index is 769. The van der Waals surface area contributed by atoms with Crippen LogP contribution in [0.25, 0.3) is 0 Å². The second kappa shape index (κ2) is 6.12. The fraction of sp³-hybridized carbons (Fsp3) is 0.471. The van der Waals surface area contributed by atoms with Crippen molar-refractivity contribution in [2.75, 3.05) is 20.3 Å². The highest BCUT2D eigenvalue weighted by Crippen LogP contribution is 2.46. The van der Waals surface area contributed by atoms with Crippen LogP contribution >= 0.6 is 0 Å². The quantitative estimate of drug-likeness (QED) is 0.826. The first-order chi connectivity index (χ1) is 12.1. The van der Waals surface area contributed by atoms with Crippen LogP contribution in [0, 0.1) is 0 Å². The molecule has 0 spiro atoms. The number of methoxy groups -OCH3 is 1. The summed E-state index contributed by atoms with van der Waals surface area (Å²) in [6.45, 7) is 0.633. The van der Waals surface area contributed by atoms with Crippen LogP contribution in [0.2, 0.25) is 0 Å². The van der Waals surface area contributed by atoms with Gasteiger partial charge in [0.05, 0.1) is 32.1 Å². The molecule has 1 aromatic heterocycles. The number of aliphatic hydroxyl groups excluding tert-OH is 1. The third kappa shape index (κ3) is 2.98. The summed E-state index contributed by atoms with van der Waals surface area (Å²) in [4.78, 5) is 12.6. The number of nitrogens with one attached hydrogen (secondary N) is 1. The van der Waals surface area contributed by atoms with E-state index in [1.165, 1.54) is 4.68 Å². The fourth-order valence-electron chi connectivity index (χ4n) is 3.13. The molecule has 2 aliphatic rings. The molecule has 1 saturated heterocycles. The third-order valence-corrected chi connectivity index (χ3v) is 4.85. The van der Waals surface area contributed by atoms with Crippen LogP contribution in [0.1, 0.15) is 34.9 Å². The van der Waals surface area contributed by atoms with Crippen molar-refractivity contribution in [1.29, 1.82) is 0 Å². The summed E-state index contributed by atoms with van der Waals surface area (Å²) in [6.07, 6.45) is 2.69. The van der Waals surface area contributed by atoms with Crippen LogP contribution in [0.15, 0.2) is 30.5 Å². The van der Waals surface area contributed by atoms with Gasteiger partial charge >= 0.3 is 0 Å². The number of ether oxygens (including phenoxy) is 2. The first kappa shape index (κ1) is 16.0. The molecule has 25 heavy (non-hydrogen) atoms. The second-order valence-electron chi connectivity index (χ2n) is 6.52. The van der Waals surface area contributed by atoms with Gasteiger partial charge in [0.25, 0.3) is 5.91 Å². The van der Waals surface area contributed by atoms with E-state index in [1.54, 1.807) is 13.3 Å². The Hall–Kier alpha value is -2.45. The number of nitrogens with zero attached hydrogens (tertiary/aromatic N) is 3. The number of hydrogen-bond donors (Lipinski definition) is 2. The molecule has 2 atom stereocenters. The maximum atomic E-state index is 12.6. The first-order valence-electron chi connectivity index (χ1n) is 8.26. The third-order valence-electron chi connectivity index (χ3n) is 4.85. The fourth-order valence-corrected chi connectivity index (χ4v) is 3.13. The molecule has 1 aliphatic heterocycles. The highest BCUT2D eigenvalue weighted by Gasteiger charge is 2.46. The van der Waals surface area contributed by atoms with Crippen molar-refractivity contribution in [3.63, 3.8) is 0 Å². The molecule has 8 heteroatoms. The number of benzene rings is 1. The molecule has 1 aromatic carbocycles. The van der Waals surface area contributed by atoms with Gasteiger partial charge in [0.2, 0.25) is 0 Å². The van der Waals surface area contributed by atoms with Gasteiger partial charge in [-0.2, -0.15) is 0 Å². The van der Waals surface area contributed by atoms with Crippen LogP contribution in [0.4, 0.5) is 0 Å². The summed E-state index contributed by atoms with van der Waals surface area (Å²) in [6, 6.07) is 7.41. The monoisotopic (exact) mass is 344 g/mol. The Morgan fingerprint density at radius 1 is 1.36 bits per heavy atom. The van der Waals surface area contributed by atoms with Gasteiger partial charge in [0.15, 0.2) is 5.69 Å². The molecule has 1 amide bonds. The molecule has 4 rings (SSSR count). The van der Waals surface area contributed by atoms with Gasteiger partial charge in [-0.3, -0.25) is 4.79 Å². The molecular formula is C17H20N4O4. The maximum Gasteiger partial charge on any atom is 0.274 e. The number of rotatable bonds is 5. The van der Waals surface area contributed by atoms with Crippen LogP contribution in [-0.2, 0) is 10.3 Å². The Kier molecular flexibility index (Phi) is 3.93. The summed E-state index contributed by atoms with van der Waals surface area (Å²) < 4.78 is 11.9. The Labute approximate surface area is 144 Å². The largest absolute Gasteiger partial charge is 0.497 e. The van der Waals surface area contributed by atoms with E-state index in [0.717, 1.165) is 24.2 Å². The molecule has 8 nitrogen and oxygen atoms in total. The Morgan fingerprint density at radius 2 is 2.12 bits per heavy atom. The van der Waals surface area contributed by atoms with Crippen molar-refractivity contribution in [2.45, 2.75) is 30.5 Å². The van der Waals surface area contributed by atoms with Crippen molar-refractivity contribution in [3.05, 3.63) is 41.7 Å². The predicted molar refractivity (Wildman–Crippen MR) is 87.3 cm³/mol. The van der Waals surface area contributed by atoms with Gasteiger partial charge in [-0.25, -0.2) is 4.68 Å². The Balaban J connectivity index is 1.47. The van der Waals surface area contributed by atoms with E-state index in [9.17, 15) is 9.90 Å². The molecule has 2 fully saturated rings. The summed E-state index contributed by atoms with van der Waals surface area (Å²) in [5.41, 5.74) is 0.941. The van der Waals surface area contributed by atoms with E-state index in [0.29, 0.717) is 6.61 Å². The number of carbonyl (C=O) groups excluding carboxylic acids is 1. The number of aromatic nitrogens is 3. The van der Waals surface area contributed by atoms with Crippen molar-refractivity contribution < 1.29 is 19.4 Å². The van der Waals surface area contributed by atoms with Gasteiger partial charge in [-0.15, -0.1) is 5.10 Å². The molecule has 0 bridgehead atoms. The van der Waals surface area contributed by atoms with Gasteiger partial charge in [0, 0.05) is 0 Å². The van der Waals surface area contributed by atoms with E-state index in [-0.39, 0.29) is 29.8 Å². The molecule has 0 radical (unpaired) electrons. The minimum absolute atomic E-state index is 0.235. The number of aliphatic hydroxyl groups is 1. The van der Waals surface area contributed by atoms with Crippen LogP contribution in [-0.4, -0.2) is 52.4 Å². The van der Waals surface area contributed by atoms with E-state index < -0.39 is 6.10 Å². The normalized spacial score (nSPS) is 24.1. The lowest BCUT2D eigenvalue weighted by atomic mass is 10.0. The van der Waals surface area contributed by atoms with E-state index in [1.807, 2.05) is 24.3 Å². The molecule has 2 heterocycles. The summed E-state index contributed by atoms with van der Waals surface area (Å²) >= 11 is 0. The second-order valence-corrected chi connectivity index (χ2v) is 6.52. The highest BCUT2D eigenvalue weighted by atomic mass is 16.5. The molecule has 2 N–H and O–H groups in total. The molecular weight excluding hydrogens is 324 g/mol. The van der Waals surface area contributed by atoms with Gasteiger partial charge in [-0.05, 0) is 30.5 Å². The molecule has 0 unspecified atom stereocenters. The number of amides is 1. The van der Waals surface area contributed by atoms with Crippen molar-refractivity contribution in [1.82, 2.24) is 20.3 Å². The molecule has 2 aromatic rings. The zero-order valence-corrected chi connectivity index (χ0v) is 13.9. The van der Waals surface area contributed by atoms with Gasteiger partial charge in [-0.1, -0.05) is 17.3 Å². The van der Waals surface area contributed by atoms with Gasteiger partial charge in [0.1, 0.15) is 17.9 Å². The molecule has 1 saturated carbocycles. The van der Waals surface area contributed by atoms with E-state index in [4.69, 9.17) is 9.47 Å². The molecule has 1 aliphatic carbocycles. The predicted octanol–water partition coefficient (Wildman–Crippen LogP) is 0.638. The van der Waals surface area contributed by atoms with E-state index >= 15 is 0 Å². The van der Waals surface area contributed by atoms with Gasteiger partial charge < -0.3 is 19.9 Å². The standard InChI is InChI=1S/C17H20N4O4/c1-24-12-4-2-11(3-5-12)17(6-7-17)18-16(23)13-8-21(20-19-13)14-9-25-10-15(14)22/h2-5,8,14-15,22H,6-7,9-10H2,1H3,(H,18,23)/t14-,15-/m1/s1. The first-order valence-corrected chi connectivity index (χ1v) is 8.26. The topological polar surface area (TPSA) is 98.5 Å². The van der Waals surface area contributed by atoms with E-state index in [2.05, 4.69) is 15.6 Å². The minimum atomic E-state index is -0.633. The van der Waals surface area contributed by atoms with Crippen molar-refractivity contribution in [3.8, 4) is 5.75 Å². The van der Waals surface area contributed by atoms with Crippen LogP contribution in [0.3, 0.4) is 0 Å². The zero-order valence-electron chi connectivity index (χ0n) is 13.9. The smallest absolute Gasteiger partial charge is 0.274 e. The number of hydrogen-bond acceptors (Lipinski definition) is 6. The summed E-state index contributed by atoms with van der Waals surface area (Å²) in [5, 5.41) is 20.8. The summed E-state index contributed by atoms with van der Waals surface area (Å²) in [7, 11) is 1.62. The lowest BCUT2D eigenvalue weighted by Gasteiger charge is -2.17. The van der Waals surface area contributed by atoms with Crippen molar-refractivity contribution >= 4 is 5.91 Å². The highest BCUT2D eigenvalue weighted by molar-refractivity contribution is 5.92.